The molecule has 0 radical (unpaired) electrons. The Balaban J connectivity index is 0.000000821. The first-order valence-electron chi connectivity index (χ1n) is 11.1. The molecule has 1 N–H and O–H groups in total. The van der Waals surface area contributed by atoms with E-state index in [-0.39, 0.29) is 29.8 Å². The highest BCUT2D eigenvalue weighted by atomic mass is 16.3. The molecule has 2 bridgehead atoms. The quantitative estimate of drug-likeness (QED) is 0.606. The second kappa shape index (κ2) is 9.58. The molecule has 3 atom stereocenters. The molecule has 5 rings (SSSR count). The number of likely N-dealkylation sites (tertiary alicyclic amines) is 1. The standard InChI is InChI=1S/C23H27N5O2.CH2O2/c1-25(2)23(30)22-17-12-16(19-8-5-9-21(29)28(19)22)13-26(14-17)10-11-27-15-24-18-6-3-4-7-20(18)27;2-1-3/h3-9,15-17,22H,10-14H2,1-2H3;1H,(H,2,3)/t16-,17+,22-;/m1./s1. The summed E-state index contributed by atoms with van der Waals surface area (Å²) in [5.74, 6) is 0.435. The number of pyridine rings is 1. The summed E-state index contributed by atoms with van der Waals surface area (Å²) in [4.78, 5) is 42.6. The monoisotopic (exact) mass is 451 g/mol. The van der Waals surface area contributed by atoms with Crippen molar-refractivity contribution in [3.8, 4) is 0 Å². The van der Waals surface area contributed by atoms with Crippen LogP contribution in [0.15, 0.2) is 53.6 Å². The Morgan fingerprint density at radius 2 is 1.91 bits per heavy atom. The van der Waals surface area contributed by atoms with Gasteiger partial charge in [0.05, 0.1) is 17.4 Å². The van der Waals surface area contributed by atoms with E-state index in [0.717, 1.165) is 49.3 Å². The number of imidazole rings is 1. The van der Waals surface area contributed by atoms with Crippen LogP contribution in [-0.4, -0.2) is 75.1 Å². The van der Waals surface area contributed by atoms with Crippen LogP contribution in [0.25, 0.3) is 11.0 Å². The van der Waals surface area contributed by atoms with Crippen molar-refractivity contribution < 1.29 is 14.7 Å². The normalized spacial score (nSPS) is 21.6. The zero-order valence-electron chi connectivity index (χ0n) is 18.9. The van der Waals surface area contributed by atoms with E-state index in [1.807, 2.05) is 36.7 Å². The topological polar surface area (TPSA) is 101 Å². The number of carbonyl (C=O) groups is 2. The van der Waals surface area contributed by atoms with Crippen LogP contribution in [0.5, 0.6) is 0 Å². The van der Waals surface area contributed by atoms with E-state index in [1.165, 1.54) is 0 Å². The maximum absolute atomic E-state index is 13.0. The Labute approximate surface area is 191 Å². The number of hydrogen-bond donors (Lipinski definition) is 1. The molecule has 2 aliphatic heterocycles. The summed E-state index contributed by atoms with van der Waals surface area (Å²) in [5, 5.41) is 6.89. The Morgan fingerprint density at radius 3 is 2.67 bits per heavy atom. The van der Waals surface area contributed by atoms with Crippen LogP contribution in [0, 0.1) is 5.92 Å². The van der Waals surface area contributed by atoms with Gasteiger partial charge in [-0.1, -0.05) is 18.2 Å². The minimum atomic E-state index is -0.420. The molecule has 33 heavy (non-hydrogen) atoms. The van der Waals surface area contributed by atoms with Gasteiger partial charge in [0.15, 0.2) is 0 Å². The smallest absolute Gasteiger partial charge is 0.290 e. The highest BCUT2D eigenvalue weighted by Gasteiger charge is 2.43. The SMILES string of the molecule is CN(C)C(=O)[C@H]1[C@H]2C[C@H](CN(CCn3cnc4ccccc43)C2)c2cccc(=O)n21.O=CO. The van der Waals surface area contributed by atoms with Crippen molar-refractivity contribution in [3.05, 3.63) is 64.8 Å². The largest absolute Gasteiger partial charge is 0.483 e. The summed E-state index contributed by atoms with van der Waals surface area (Å²) >= 11 is 0. The zero-order valence-corrected chi connectivity index (χ0v) is 18.9. The third kappa shape index (κ3) is 4.41. The average Bonchev–Trinajstić information content (AvgIpc) is 3.22. The molecule has 2 aliphatic rings. The highest BCUT2D eigenvalue weighted by Crippen LogP contribution is 2.41. The van der Waals surface area contributed by atoms with E-state index in [1.54, 1.807) is 29.6 Å². The highest BCUT2D eigenvalue weighted by molar-refractivity contribution is 5.80. The summed E-state index contributed by atoms with van der Waals surface area (Å²) < 4.78 is 3.96. The second-order valence-electron chi connectivity index (χ2n) is 8.82. The van der Waals surface area contributed by atoms with E-state index in [4.69, 9.17) is 9.90 Å². The molecule has 9 heteroatoms. The summed E-state index contributed by atoms with van der Waals surface area (Å²) in [7, 11) is 3.54. The maximum atomic E-state index is 13.0. The number of piperidine rings is 1. The Morgan fingerprint density at radius 1 is 1.15 bits per heavy atom. The molecular weight excluding hydrogens is 422 g/mol. The van der Waals surface area contributed by atoms with Gasteiger partial charge in [0.2, 0.25) is 5.91 Å². The third-order valence-electron chi connectivity index (χ3n) is 6.60. The molecule has 9 nitrogen and oxygen atoms in total. The Hall–Kier alpha value is -3.46. The molecule has 1 fully saturated rings. The van der Waals surface area contributed by atoms with E-state index >= 15 is 0 Å². The Bertz CT molecular complexity index is 1200. The number of aromatic nitrogens is 3. The molecular formula is C24H29N5O4. The number of likely N-dealkylation sites (N-methyl/N-ethyl adjacent to an activating group) is 1. The van der Waals surface area contributed by atoms with Crippen LogP contribution in [-0.2, 0) is 16.1 Å². The number of carbonyl (C=O) groups excluding carboxylic acids is 1. The molecule has 0 spiro atoms. The molecule has 0 saturated carbocycles. The summed E-state index contributed by atoms with van der Waals surface area (Å²) in [5.41, 5.74) is 3.09. The molecule has 1 aromatic carbocycles. The van der Waals surface area contributed by atoms with Crippen LogP contribution in [0.3, 0.4) is 0 Å². The first kappa shape index (κ1) is 22.7. The number of carboxylic acid groups (broad SMARTS) is 1. The van der Waals surface area contributed by atoms with E-state index in [0.29, 0.717) is 0 Å². The van der Waals surface area contributed by atoms with Gasteiger partial charge in [0, 0.05) is 63.9 Å². The van der Waals surface area contributed by atoms with Gasteiger partial charge in [-0.05, 0) is 24.6 Å². The van der Waals surface area contributed by atoms with Crippen molar-refractivity contribution >= 4 is 23.4 Å². The number of para-hydroxylation sites is 2. The number of nitrogens with zero attached hydrogens (tertiary/aromatic N) is 5. The second-order valence-corrected chi connectivity index (χ2v) is 8.82. The number of hydrogen-bond acceptors (Lipinski definition) is 5. The fraction of sp³-hybridized carbons (Fsp3) is 0.417. The van der Waals surface area contributed by atoms with Crippen molar-refractivity contribution in [2.45, 2.75) is 24.9 Å². The van der Waals surface area contributed by atoms with E-state index < -0.39 is 6.04 Å². The van der Waals surface area contributed by atoms with Crippen molar-refractivity contribution in [1.82, 2.24) is 23.9 Å². The molecule has 1 amide bonds. The van der Waals surface area contributed by atoms with Crippen molar-refractivity contribution in [1.29, 1.82) is 0 Å². The van der Waals surface area contributed by atoms with E-state index in [2.05, 4.69) is 20.5 Å². The van der Waals surface area contributed by atoms with Gasteiger partial charge in [-0.3, -0.25) is 19.0 Å². The van der Waals surface area contributed by atoms with Gasteiger partial charge >= 0.3 is 0 Å². The summed E-state index contributed by atoms with van der Waals surface area (Å²) in [6, 6.07) is 13.2. The molecule has 3 aromatic rings. The lowest BCUT2D eigenvalue weighted by atomic mass is 9.78. The summed E-state index contributed by atoms with van der Waals surface area (Å²) in [6.07, 6.45) is 2.86. The van der Waals surface area contributed by atoms with Gasteiger partial charge in [0.25, 0.3) is 12.0 Å². The molecule has 1 saturated heterocycles. The van der Waals surface area contributed by atoms with Crippen LogP contribution in [0.2, 0.25) is 0 Å². The fourth-order valence-corrected chi connectivity index (χ4v) is 5.23. The lowest BCUT2D eigenvalue weighted by molar-refractivity contribution is -0.135. The predicted molar refractivity (Wildman–Crippen MR) is 124 cm³/mol. The summed E-state index contributed by atoms with van der Waals surface area (Å²) in [6.45, 7) is 3.24. The first-order chi connectivity index (χ1) is 15.9. The van der Waals surface area contributed by atoms with Gasteiger partial charge in [0.1, 0.15) is 6.04 Å². The van der Waals surface area contributed by atoms with Crippen molar-refractivity contribution in [2.24, 2.45) is 5.92 Å². The van der Waals surface area contributed by atoms with Crippen molar-refractivity contribution in [2.75, 3.05) is 33.7 Å². The molecule has 4 heterocycles. The van der Waals surface area contributed by atoms with Gasteiger partial charge in [-0.25, -0.2) is 4.98 Å². The van der Waals surface area contributed by atoms with Crippen LogP contribution >= 0.6 is 0 Å². The average molecular weight is 452 g/mol. The van der Waals surface area contributed by atoms with E-state index in [9.17, 15) is 9.59 Å². The third-order valence-corrected chi connectivity index (χ3v) is 6.60. The lowest BCUT2D eigenvalue weighted by Crippen LogP contribution is -2.53. The number of benzene rings is 1. The van der Waals surface area contributed by atoms with Crippen LogP contribution in [0.1, 0.15) is 24.1 Å². The first-order valence-corrected chi connectivity index (χ1v) is 11.1. The molecule has 2 aromatic heterocycles. The zero-order chi connectivity index (χ0) is 23.5. The molecule has 174 valence electrons. The van der Waals surface area contributed by atoms with Crippen molar-refractivity contribution in [3.63, 3.8) is 0 Å². The lowest BCUT2D eigenvalue weighted by Gasteiger charge is -2.46. The minimum Gasteiger partial charge on any atom is -0.483 e. The molecule has 0 aliphatic carbocycles. The number of amides is 1. The van der Waals surface area contributed by atoms with Crippen LogP contribution < -0.4 is 5.56 Å². The van der Waals surface area contributed by atoms with Gasteiger partial charge < -0.3 is 19.5 Å². The number of rotatable bonds is 4. The van der Waals surface area contributed by atoms with Gasteiger partial charge in [-0.15, -0.1) is 0 Å². The van der Waals surface area contributed by atoms with Gasteiger partial charge in [-0.2, -0.15) is 0 Å². The van der Waals surface area contributed by atoms with Crippen LogP contribution in [0.4, 0.5) is 0 Å². The Kier molecular flexibility index (Phi) is 6.60. The molecule has 0 unspecified atom stereocenters. The fourth-order valence-electron chi connectivity index (χ4n) is 5.23. The number of fused-ring (bicyclic) bond motifs is 5. The predicted octanol–water partition coefficient (Wildman–Crippen LogP) is 1.65. The maximum Gasteiger partial charge on any atom is 0.290 e. The minimum absolute atomic E-state index is 0.00968.